The zero-order chi connectivity index (χ0) is 14.6. The lowest BCUT2D eigenvalue weighted by Gasteiger charge is -2.24. The first kappa shape index (κ1) is 16.0. The maximum atomic E-state index is 11.9. The van der Waals surface area contributed by atoms with Crippen LogP contribution in [0.3, 0.4) is 0 Å². The molecule has 0 aromatic heterocycles. The minimum absolute atomic E-state index is 0.0288. The summed E-state index contributed by atoms with van der Waals surface area (Å²) in [6.45, 7) is 7.43. The topological polar surface area (TPSA) is 58.6 Å². The van der Waals surface area contributed by atoms with Gasteiger partial charge in [-0.3, -0.25) is 4.79 Å². The first-order valence-corrected chi connectivity index (χ1v) is 6.90. The zero-order valence-electron chi connectivity index (χ0n) is 11.7. The number of rotatable bonds is 4. The van der Waals surface area contributed by atoms with Crippen molar-refractivity contribution in [3.63, 3.8) is 0 Å². The molecule has 5 heteroatoms. The molecule has 0 fully saturated rings. The van der Waals surface area contributed by atoms with Gasteiger partial charge in [0.15, 0.2) is 6.10 Å². The summed E-state index contributed by atoms with van der Waals surface area (Å²) in [4.78, 5) is 11.9. The Hall–Kier alpha value is -1.07. The van der Waals surface area contributed by atoms with Crippen LogP contribution in [-0.4, -0.2) is 22.7 Å². The summed E-state index contributed by atoms with van der Waals surface area (Å²) in [6, 6.07) is 5.26. The quantitative estimate of drug-likeness (QED) is 0.892. The lowest BCUT2D eigenvalue weighted by Crippen LogP contribution is -2.46. The number of carbonyl (C=O) groups is 1. The van der Waals surface area contributed by atoms with Crippen LogP contribution < -0.4 is 10.1 Å². The maximum absolute atomic E-state index is 11.9. The van der Waals surface area contributed by atoms with Crippen molar-refractivity contribution in [3.05, 3.63) is 28.2 Å². The number of nitrogens with one attached hydrogen (secondary N) is 1. The fraction of sp³-hybridized carbons (Fsp3) is 0.500. The molecule has 2 N–H and O–H groups in total. The van der Waals surface area contributed by atoms with Crippen molar-refractivity contribution in [2.24, 2.45) is 0 Å². The largest absolute Gasteiger partial charge is 0.480 e. The number of hydrogen-bond acceptors (Lipinski definition) is 3. The van der Waals surface area contributed by atoms with Gasteiger partial charge in [0.1, 0.15) is 5.75 Å². The number of ether oxygens (including phenoxy) is 1. The van der Waals surface area contributed by atoms with Gasteiger partial charge < -0.3 is 15.2 Å². The first-order valence-electron chi connectivity index (χ1n) is 6.11. The van der Waals surface area contributed by atoms with Gasteiger partial charge in [-0.25, -0.2) is 0 Å². The Morgan fingerprint density at radius 1 is 1.47 bits per heavy atom. The summed E-state index contributed by atoms with van der Waals surface area (Å²) in [5, 5.41) is 11.9. The highest BCUT2D eigenvalue weighted by Gasteiger charge is 2.21. The van der Waals surface area contributed by atoms with Gasteiger partial charge in [-0.1, -0.05) is 6.07 Å². The molecule has 106 valence electrons. The van der Waals surface area contributed by atoms with Crippen molar-refractivity contribution in [2.75, 3.05) is 0 Å². The summed E-state index contributed by atoms with van der Waals surface area (Å²) in [5.41, 5.74) is 0.498. The second kappa shape index (κ2) is 6.39. The summed E-state index contributed by atoms with van der Waals surface area (Å²) < 4.78 is 6.33. The van der Waals surface area contributed by atoms with E-state index in [1.54, 1.807) is 25.1 Å². The molecule has 1 aromatic carbocycles. The van der Waals surface area contributed by atoms with E-state index in [1.807, 2.05) is 20.8 Å². The molecule has 0 aliphatic rings. The van der Waals surface area contributed by atoms with Crippen molar-refractivity contribution < 1.29 is 14.6 Å². The van der Waals surface area contributed by atoms with Crippen LogP contribution in [0.2, 0.25) is 0 Å². The third-order valence-electron chi connectivity index (χ3n) is 2.35. The highest BCUT2D eigenvalue weighted by atomic mass is 79.9. The zero-order valence-corrected chi connectivity index (χ0v) is 13.2. The first-order chi connectivity index (χ1) is 8.73. The van der Waals surface area contributed by atoms with Crippen LogP contribution in [0.25, 0.3) is 0 Å². The van der Waals surface area contributed by atoms with Gasteiger partial charge in [0.25, 0.3) is 5.91 Å². The van der Waals surface area contributed by atoms with Crippen LogP contribution in [-0.2, 0) is 11.4 Å². The summed E-state index contributed by atoms with van der Waals surface area (Å²) in [6.07, 6.45) is -0.587. The van der Waals surface area contributed by atoms with Crippen molar-refractivity contribution >= 4 is 21.8 Å². The molecular formula is C14H20BrNO3. The van der Waals surface area contributed by atoms with E-state index >= 15 is 0 Å². The molecule has 4 nitrogen and oxygen atoms in total. The highest BCUT2D eigenvalue weighted by molar-refractivity contribution is 9.10. The second-order valence-corrected chi connectivity index (χ2v) is 6.28. The Balaban J connectivity index is 2.71. The van der Waals surface area contributed by atoms with Crippen LogP contribution in [0.5, 0.6) is 5.75 Å². The molecule has 1 unspecified atom stereocenters. The third kappa shape index (κ3) is 5.20. The van der Waals surface area contributed by atoms with Crippen LogP contribution >= 0.6 is 15.9 Å². The number of aliphatic hydroxyl groups is 1. The fourth-order valence-corrected chi connectivity index (χ4v) is 1.97. The number of aliphatic hydroxyl groups excluding tert-OH is 1. The smallest absolute Gasteiger partial charge is 0.261 e. The van der Waals surface area contributed by atoms with Crippen molar-refractivity contribution in [3.8, 4) is 5.75 Å². The van der Waals surface area contributed by atoms with Crippen LogP contribution in [0.15, 0.2) is 22.7 Å². The lowest BCUT2D eigenvalue weighted by atomic mass is 10.1. The van der Waals surface area contributed by atoms with E-state index in [1.165, 1.54) is 0 Å². The molecular weight excluding hydrogens is 310 g/mol. The molecule has 0 saturated heterocycles. The second-order valence-electron chi connectivity index (χ2n) is 5.42. The number of halogens is 1. The van der Waals surface area contributed by atoms with Crippen LogP contribution in [0.4, 0.5) is 0 Å². The minimum atomic E-state index is -0.587. The number of benzene rings is 1. The van der Waals surface area contributed by atoms with Gasteiger partial charge in [0, 0.05) is 5.54 Å². The molecule has 0 spiro atoms. The van der Waals surface area contributed by atoms with Crippen molar-refractivity contribution in [1.29, 1.82) is 0 Å². The van der Waals surface area contributed by atoms with Gasteiger partial charge >= 0.3 is 0 Å². The third-order valence-corrected chi connectivity index (χ3v) is 2.97. The summed E-state index contributed by atoms with van der Waals surface area (Å²) in [5.74, 6) is 0.416. The summed E-state index contributed by atoms with van der Waals surface area (Å²) >= 11 is 3.36. The van der Waals surface area contributed by atoms with Crippen LogP contribution in [0.1, 0.15) is 33.3 Å². The Bertz CT molecular complexity index is 454. The van der Waals surface area contributed by atoms with Gasteiger partial charge in [-0.05, 0) is 61.3 Å². The Morgan fingerprint density at radius 2 is 2.11 bits per heavy atom. The van der Waals surface area contributed by atoms with E-state index in [4.69, 9.17) is 9.84 Å². The standard InChI is InChI=1S/C14H20BrNO3/c1-9(13(18)16-14(2,3)4)19-12-6-5-10(8-17)7-11(12)15/h5-7,9,17H,8H2,1-4H3,(H,16,18). The van der Waals surface area contributed by atoms with Crippen molar-refractivity contribution in [2.45, 2.75) is 45.9 Å². The van der Waals surface area contributed by atoms with E-state index in [0.29, 0.717) is 5.75 Å². The number of carbonyl (C=O) groups excluding carboxylic acids is 1. The highest BCUT2D eigenvalue weighted by Crippen LogP contribution is 2.27. The molecule has 1 amide bonds. The summed E-state index contributed by atoms with van der Waals surface area (Å²) in [7, 11) is 0. The minimum Gasteiger partial charge on any atom is -0.480 e. The predicted molar refractivity (Wildman–Crippen MR) is 78.1 cm³/mol. The lowest BCUT2D eigenvalue weighted by molar-refractivity contribution is -0.128. The van der Waals surface area contributed by atoms with Crippen LogP contribution in [0, 0.1) is 0 Å². The average Bonchev–Trinajstić information content (AvgIpc) is 2.29. The Labute approximate surface area is 122 Å². The molecule has 1 atom stereocenters. The number of amides is 1. The Morgan fingerprint density at radius 3 is 2.58 bits per heavy atom. The van der Waals surface area contributed by atoms with Gasteiger partial charge in [-0.2, -0.15) is 0 Å². The monoisotopic (exact) mass is 329 g/mol. The van der Waals surface area contributed by atoms with Crippen molar-refractivity contribution in [1.82, 2.24) is 5.32 Å². The van der Waals surface area contributed by atoms with E-state index < -0.39 is 6.10 Å². The van der Waals surface area contributed by atoms with E-state index in [-0.39, 0.29) is 18.1 Å². The van der Waals surface area contributed by atoms with E-state index in [9.17, 15) is 4.79 Å². The average molecular weight is 330 g/mol. The predicted octanol–water partition coefficient (Wildman–Crippen LogP) is 2.62. The molecule has 0 saturated carbocycles. The molecule has 0 heterocycles. The number of hydrogen-bond donors (Lipinski definition) is 2. The molecule has 19 heavy (non-hydrogen) atoms. The SMILES string of the molecule is CC(Oc1ccc(CO)cc1Br)C(=O)NC(C)(C)C. The van der Waals surface area contributed by atoms with Gasteiger partial charge in [0.2, 0.25) is 0 Å². The molecule has 0 aliphatic carbocycles. The van der Waals surface area contributed by atoms with Gasteiger partial charge in [-0.15, -0.1) is 0 Å². The molecule has 1 rings (SSSR count). The molecule has 0 aliphatic heterocycles. The fourth-order valence-electron chi connectivity index (χ4n) is 1.45. The Kier molecular flexibility index (Phi) is 5.38. The van der Waals surface area contributed by atoms with E-state index in [0.717, 1.165) is 10.0 Å². The van der Waals surface area contributed by atoms with E-state index in [2.05, 4.69) is 21.2 Å². The normalized spacial score (nSPS) is 12.9. The molecule has 0 radical (unpaired) electrons. The molecule has 1 aromatic rings. The maximum Gasteiger partial charge on any atom is 0.261 e. The molecule has 0 bridgehead atoms. The van der Waals surface area contributed by atoms with Gasteiger partial charge in [0.05, 0.1) is 11.1 Å².